The van der Waals surface area contributed by atoms with Gasteiger partial charge in [-0.25, -0.2) is 12.7 Å². The second-order valence-corrected chi connectivity index (χ2v) is 7.67. The van der Waals surface area contributed by atoms with Gasteiger partial charge in [0.2, 0.25) is 10.0 Å². The van der Waals surface area contributed by atoms with Crippen molar-refractivity contribution in [2.75, 3.05) is 26.5 Å². The number of anilines is 1. The summed E-state index contributed by atoms with van der Waals surface area (Å²) < 4.78 is 30.5. The number of ether oxygens (including phenoxy) is 1. The van der Waals surface area contributed by atoms with Crippen molar-refractivity contribution in [2.45, 2.75) is 4.90 Å². The lowest BCUT2D eigenvalue weighted by molar-refractivity contribution is 0.102. The van der Waals surface area contributed by atoms with E-state index in [2.05, 4.69) is 5.32 Å². The van der Waals surface area contributed by atoms with Crippen molar-refractivity contribution in [3.63, 3.8) is 0 Å². The number of carbonyl (C=O) groups excluding carboxylic acids is 1. The molecule has 0 aromatic heterocycles. The van der Waals surface area contributed by atoms with Crippen LogP contribution < -0.4 is 10.1 Å². The minimum Gasteiger partial charge on any atom is -0.497 e. The lowest BCUT2D eigenvalue weighted by Crippen LogP contribution is -2.23. The molecule has 8 heteroatoms. The van der Waals surface area contributed by atoms with Crippen LogP contribution in [0.15, 0.2) is 47.4 Å². The first-order valence-electron chi connectivity index (χ1n) is 6.93. The molecule has 24 heavy (non-hydrogen) atoms. The summed E-state index contributed by atoms with van der Waals surface area (Å²) in [6.45, 7) is 0. The van der Waals surface area contributed by atoms with E-state index in [1.807, 2.05) is 0 Å². The number of rotatable bonds is 5. The Balaban J connectivity index is 2.31. The third-order valence-corrected chi connectivity index (χ3v) is 5.45. The summed E-state index contributed by atoms with van der Waals surface area (Å²) in [7, 11) is 0.728. The molecule has 6 nitrogen and oxygen atoms in total. The molecule has 2 rings (SSSR count). The van der Waals surface area contributed by atoms with Crippen LogP contribution in [0.5, 0.6) is 5.75 Å². The number of methoxy groups -OCH3 is 1. The standard InChI is InChI=1S/C16H17ClN2O4S/c1-19(2)24(21,22)13-8-9-15(17)14(10-13)16(20)18-11-4-6-12(23-3)7-5-11/h4-10H,1-3H3,(H,18,20). The van der Waals surface area contributed by atoms with Gasteiger partial charge in [-0.2, -0.15) is 0 Å². The minimum atomic E-state index is -3.65. The van der Waals surface area contributed by atoms with E-state index in [-0.39, 0.29) is 15.5 Å². The van der Waals surface area contributed by atoms with E-state index in [0.29, 0.717) is 11.4 Å². The van der Waals surface area contributed by atoms with E-state index in [1.54, 1.807) is 31.4 Å². The number of nitrogens with zero attached hydrogens (tertiary/aromatic N) is 1. The van der Waals surface area contributed by atoms with Crippen LogP contribution in [0.25, 0.3) is 0 Å². The molecule has 0 aliphatic carbocycles. The number of carbonyl (C=O) groups is 1. The van der Waals surface area contributed by atoms with Gasteiger partial charge in [-0.15, -0.1) is 0 Å². The zero-order valence-electron chi connectivity index (χ0n) is 13.4. The molecule has 0 spiro atoms. The molecule has 2 aromatic carbocycles. The molecule has 0 aliphatic rings. The van der Waals surface area contributed by atoms with Gasteiger partial charge in [-0.1, -0.05) is 11.6 Å². The maximum atomic E-state index is 12.4. The van der Waals surface area contributed by atoms with Gasteiger partial charge >= 0.3 is 0 Å². The molecule has 0 radical (unpaired) electrons. The van der Waals surface area contributed by atoms with E-state index in [1.165, 1.54) is 32.3 Å². The molecule has 0 fully saturated rings. The Morgan fingerprint density at radius 3 is 2.29 bits per heavy atom. The highest BCUT2D eigenvalue weighted by atomic mass is 35.5. The summed E-state index contributed by atoms with van der Waals surface area (Å²) in [5.74, 6) is 0.158. The summed E-state index contributed by atoms with van der Waals surface area (Å²) >= 11 is 6.05. The molecule has 1 N–H and O–H groups in total. The molecule has 128 valence electrons. The number of hydrogen-bond donors (Lipinski definition) is 1. The maximum absolute atomic E-state index is 12.4. The van der Waals surface area contributed by atoms with Crippen molar-refractivity contribution in [3.05, 3.63) is 53.1 Å². The maximum Gasteiger partial charge on any atom is 0.257 e. The van der Waals surface area contributed by atoms with Crippen molar-refractivity contribution in [3.8, 4) is 5.75 Å². The Morgan fingerprint density at radius 2 is 1.75 bits per heavy atom. The van der Waals surface area contributed by atoms with Gasteiger partial charge in [0.05, 0.1) is 22.6 Å². The summed E-state index contributed by atoms with van der Waals surface area (Å²) in [4.78, 5) is 12.4. The summed E-state index contributed by atoms with van der Waals surface area (Å²) in [5.41, 5.74) is 0.619. The van der Waals surface area contributed by atoms with Crippen LogP contribution in [-0.2, 0) is 10.0 Å². The predicted octanol–water partition coefficient (Wildman–Crippen LogP) is 2.85. The Morgan fingerprint density at radius 1 is 1.12 bits per heavy atom. The average molecular weight is 369 g/mol. The van der Waals surface area contributed by atoms with E-state index in [9.17, 15) is 13.2 Å². The molecule has 0 atom stereocenters. The van der Waals surface area contributed by atoms with Gasteiger partial charge in [0.1, 0.15) is 5.75 Å². The van der Waals surface area contributed by atoms with E-state index >= 15 is 0 Å². The average Bonchev–Trinajstić information content (AvgIpc) is 2.55. The smallest absolute Gasteiger partial charge is 0.257 e. The summed E-state index contributed by atoms with van der Waals surface area (Å²) in [6, 6.07) is 10.8. The molecule has 0 saturated heterocycles. The number of benzene rings is 2. The van der Waals surface area contributed by atoms with Crippen molar-refractivity contribution < 1.29 is 17.9 Å². The molecular weight excluding hydrogens is 352 g/mol. The van der Waals surface area contributed by atoms with Crippen molar-refractivity contribution >= 4 is 33.2 Å². The van der Waals surface area contributed by atoms with Gasteiger partial charge in [0.25, 0.3) is 5.91 Å². The number of halogens is 1. The van der Waals surface area contributed by atoms with E-state index in [4.69, 9.17) is 16.3 Å². The minimum absolute atomic E-state index is 0.00298. The van der Waals surface area contributed by atoms with Gasteiger partial charge in [0, 0.05) is 19.8 Å². The number of sulfonamides is 1. The topological polar surface area (TPSA) is 75.7 Å². The molecule has 0 saturated carbocycles. The highest BCUT2D eigenvalue weighted by molar-refractivity contribution is 7.89. The normalized spacial score (nSPS) is 11.4. The van der Waals surface area contributed by atoms with Gasteiger partial charge < -0.3 is 10.1 Å². The SMILES string of the molecule is COc1ccc(NC(=O)c2cc(S(=O)(=O)N(C)C)ccc2Cl)cc1. The first-order valence-corrected chi connectivity index (χ1v) is 8.75. The van der Waals surface area contributed by atoms with Crippen LogP contribution in [0.4, 0.5) is 5.69 Å². The van der Waals surface area contributed by atoms with Crippen LogP contribution in [0.3, 0.4) is 0 Å². The molecule has 0 heterocycles. The van der Waals surface area contributed by atoms with Gasteiger partial charge in [-0.3, -0.25) is 4.79 Å². The molecule has 0 unspecified atom stereocenters. The lowest BCUT2D eigenvalue weighted by Gasteiger charge is -2.13. The van der Waals surface area contributed by atoms with Crippen LogP contribution in [0, 0.1) is 0 Å². The first-order chi connectivity index (χ1) is 11.3. The van der Waals surface area contributed by atoms with Gasteiger partial charge in [0.15, 0.2) is 0 Å². The second kappa shape index (κ2) is 7.21. The van der Waals surface area contributed by atoms with Crippen LogP contribution in [0.2, 0.25) is 5.02 Å². The Kier molecular flexibility index (Phi) is 5.48. The zero-order chi connectivity index (χ0) is 17.9. The highest BCUT2D eigenvalue weighted by Crippen LogP contribution is 2.23. The van der Waals surface area contributed by atoms with Crippen molar-refractivity contribution in [2.24, 2.45) is 0 Å². The summed E-state index contributed by atoms with van der Waals surface area (Å²) in [6.07, 6.45) is 0. The lowest BCUT2D eigenvalue weighted by atomic mass is 10.2. The van der Waals surface area contributed by atoms with Crippen molar-refractivity contribution in [1.82, 2.24) is 4.31 Å². The zero-order valence-corrected chi connectivity index (χ0v) is 15.0. The van der Waals surface area contributed by atoms with E-state index in [0.717, 1.165) is 4.31 Å². The quantitative estimate of drug-likeness (QED) is 0.880. The van der Waals surface area contributed by atoms with Crippen LogP contribution >= 0.6 is 11.6 Å². The fourth-order valence-corrected chi connectivity index (χ4v) is 3.05. The fourth-order valence-electron chi connectivity index (χ4n) is 1.92. The summed E-state index contributed by atoms with van der Waals surface area (Å²) in [5, 5.41) is 2.84. The molecule has 0 bridgehead atoms. The Hall–Kier alpha value is -2.09. The van der Waals surface area contributed by atoms with Gasteiger partial charge in [-0.05, 0) is 42.5 Å². The predicted molar refractivity (Wildman–Crippen MR) is 93.3 cm³/mol. The van der Waals surface area contributed by atoms with Crippen LogP contribution in [0.1, 0.15) is 10.4 Å². The van der Waals surface area contributed by atoms with E-state index < -0.39 is 15.9 Å². The second-order valence-electron chi connectivity index (χ2n) is 5.11. The Labute approximate surface area is 146 Å². The van der Waals surface area contributed by atoms with Crippen LogP contribution in [-0.4, -0.2) is 39.8 Å². The molecule has 1 amide bonds. The van der Waals surface area contributed by atoms with Crippen molar-refractivity contribution in [1.29, 1.82) is 0 Å². The number of nitrogens with one attached hydrogen (secondary N) is 1. The first kappa shape index (κ1) is 18.3. The molecular formula is C16H17ClN2O4S. The number of hydrogen-bond acceptors (Lipinski definition) is 4. The largest absolute Gasteiger partial charge is 0.497 e. The highest BCUT2D eigenvalue weighted by Gasteiger charge is 2.20. The Bertz CT molecular complexity index is 849. The molecule has 0 aliphatic heterocycles. The molecule has 2 aromatic rings. The third-order valence-electron chi connectivity index (χ3n) is 3.31. The third kappa shape index (κ3) is 3.87. The number of amides is 1. The fraction of sp³-hybridized carbons (Fsp3) is 0.188. The monoisotopic (exact) mass is 368 g/mol.